The number of carbonyl (C=O) groups excluding carboxylic acids is 1. The van der Waals surface area contributed by atoms with Gasteiger partial charge < -0.3 is 15.4 Å². The summed E-state index contributed by atoms with van der Waals surface area (Å²) >= 11 is 0. The lowest BCUT2D eigenvalue weighted by atomic mass is 10.0. The summed E-state index contributed by atoms with van der Waals surface area (Å²) in [6, 6.07) is 3.10. The molecular weight excluding hydrogens is 462 g/mol. The normalized spacial score (nSPS) is 20.7. The summed E-state index contributed by atoms with van der Waals surface area (Å²) in [6.45, 7) is 2.82. The van der Waals surface area contributed by atoms with Crippen molar-refractivity contribution < 1.29 is 31.8 Å². The fraction of sp³-hybridized carbons (Fsp3) is 0.500. The van der Waals surface area contributed by atoms with Gasteiger partial charge in [0.05, 0.1) is 12.3 Å². The SMILES string of the molecule is CC(C)NC(=O)O[C@H]1C[C@@H](c2cc(Nc3nccc4nc(COC(F)(F)F)cn34)n[nH]2)C[C@H]1F. The number of ether oxygens (including phenoxy) is 2. The van der Waals surface area contributed by atoms with Crippen LogP contribution in [0.15, 0.2) is 24.5 Å². The average Bonchev–Trinajstić information content (AvgIpc) is 3.44. The number of hydrogen-bond acceptors (Lipinski definition) is 7. The van der Waals surface area contributed by atoms with Crippen LogP contribution in [0.2, 0.25) is 0 Å². The Hall–Kier alpha value is -3.42. The van der Waals surface area contributed by atoms with Crippen LogP contribution < -0.4 is 10.6 Å². The van der Waals surface area contributed by atoms with Crippen molar-refractivity contribution in [2.24, 2.45) is 0 Å². The lowest BCUT2D eigenvalue weighted by molar-refractivity contribution is -0.330. The minimum Gasteiger partial charge on any atom is -0.443 e. The molecule has 0 radical (unpaired) electrons. The summed E-state index contributed by atoms with van der Waals surface area (Å²) in [5, 5.41) is 12.6. The predicted molar refractivity (Wildman–Crippen MR) is 111 cm³/mol. The highest BCUT2D eigenvalue weighted by atomic mass is 19.4. The van der Waals surface area contributed by atoms with E-state index in [2.05, 4.69) is 35.5 Å². The molecule has 1 saturated carbocycles. The zero-order chi connectivity index (χ0) is 24.5. The smallest absolute Gasteiger partial charge is 0.443 e. The topological polar surface area (TPSA) is 118 Å². The molecule has 1 amide bonds. The number of carbonyl (C=O) groups is 1. The van der Waals surface area contributed by atoms with Gasteiger partial charge in [0.1, 0.15) is 17.9 Å². The number of alkyl carbamates (subject to hydrolysis) is 1. The van der Waals surface area contributed by atoms with E-state index < -0.39 is 31.3 Å². The van der Waals surface area contributed by atoms with Gasteiger partial charge in [-0.15, -0.1) is 13.2 Å². The Bertz CT molecular complexity index is 1150. The van der Waals surface area contributed by atoms with E-state index in [4.69, 9.17) is 4.74 Å². The zero-order valence-electron chi connectivity index (χ0n) is 18.3. The monoisotopic (exact) mass is 485 g/mol. The number of halogens is 4. The molecule has 3 aromatic heterocycles. The lowest BCUT2D eigenvalue weighted by Crippen LogP contribution is -2.35. The molecule has 14 heteroatoms. The fourth-order valence-electron chi connectivity index (χ4n) is 3.74. The van der Waals surface area contributed by atoms with Crippen molar-refractivity contribution in [2.75, 3.05) is 5.32 Å². The third kappa shape index (κ3) is 5.73. The van der Waals surface area contributed by atoms with Crippen LogP contribution in [0.25, 0.3) is 5.65 Å². The Morgan fingerprint density at radius 3 is 2.88 bits per heavy atom. The maximum atomic E-state index is 14.4. The quantitative estimate of drug-likeness (QED) is 0.434. The summed E-state index contributed by atoms with van der Waals surface area (Å²) in [5.41, 5.74) is 1.09. The Kier molecular flexibility index (Phi) is 6.59. The Morgan fingerprint density at radius 2 is 2.15 bits per heavy atom. The maximum absolute atomic E-state index is 14.4. The molecule has 1 fully saturated rings. The first-order valence-electron chi connectivity index (χ1n) is 10.5. The number of aromatic amines is 1. The van der Waals surface area contributed by atoms with E-state index in [-0.39, 0.29) is 30.0 Å². The minimum atomic E-state index is -4.76. The molecule has 34 heavy (non-hydrogen) atoms. The highest BCUT2D eigenvalue weighted by Gasteiger charge is 2.39. The van der Waals surface area contributed by atoms with Gasteiger partial charge in [-0.05, 0) is 32.8 Å². The molecule has 184 valence electrons. The summed E-state index contributed by atoms with van der Waals surface area (Å²) < 4.78 is 61.9. The molecule has 4 rings (SSSR count). The van der Waals surface area contributed by atoms with E-state index in [1.165, 1.54) is 22.9 Å². The van der Waals surface area contributed by atoms with Crippen LogP contribution in [0, 0.1) is 0 Å². The molecule has 10 nitrogen and oxygen atoms in total. The van der Waals surface area contributed by atoms with Gasteiger partial charge in [-0.2, -0.15) is 5.10 Å². The summed E-state index contributed by atoms with van der Waals surface area (Å²) in [7, 11) is 0. The molecule has 3 aromatic rings. The number of alkyl halides is 4. The lowest BCUT2D eigenvalue weighted by Gasteiger charge is -2.16. The molecule has 0 spiro atoms. The van der Waals surface area contributed by atoms with Crippen molar-refractivity contribution in [2.45, 2.75) is 63.9 Å². The molecular formula is C20H23F4N7O3. The standard InChI is InChI=1S/C20H23F4N7O3/c1-10(2)26-19(32)34-15-6-11(5-13(15)21)14-7-16(30-29-14)28-18-25-4-3-17-27-12(8-31(17)18)9-33-20(22,23)24/h3-4,7-8,10-11,13,15H,5-6,9H2,1-2H3,(H,26,32)(H2,25,28,29,30)/t11-,13+,15-/m0/s1. The predicted octanol–water partition coefficient (Wildman–Crippen LogP) is 3.95. The van der Waals surface area contributed by atoms with E-state index in [0.29, 0.717) is 23.6 Å². The molecule has 3 heterocycles. The van der Waals surface area contributed by atoms with Crippen molar-refractivity contribution in [1.29, 1.82) is 0 Å². The van der Waals surface area contributed by atoms with Gasteiger partial charge >= 0.3 is 12.5 Å². The van der Waals surface area contributed by atoms with Crippen LogP contribution in [0.4, 0.5) is 34.1 Å². The molecule has 1 aliphatic carbocycles. The molecule has 0 bridgehead atoms. The first kappa shape index (κ1) is 23.7. The molecule has 0 saturated heterocycles. The van der Waals surface area contributed by atoms with Crippen LogP contribution >= 0.6 is 0 Å². The number of amides is 1. The number of hydrogen-bond donors (Lipinski definition) is 3. The van der Waals surface area contributed by atoms with Gasteiger partial charge in [-0.1, -0.05) is 0 Å². The van der Waals surface area contributed by atoms with E-state index in [0.717, 1.165) is 0 Å². The van der Waals surface area contributed by atoms with Gasteiger partial charge in [0, 0.05) is 36.1 Å². The van der Waals surface area contributed by atoms with Crippen molar-refractivity contribution in [1.82, 2.24) is 29.9 Å². The number of imidazole rings is 1. The van der Waals surface area contributed by atoms with Crippen molar-refractivity contribution >= 4 is 23.5 Å². The van der Waals surface area contributed by atoms with Crippen LogP contribution in [-0.4, -0.2) is 55.3 Å². The second-order valence-corrected chi connectivity index (χ2v) is 8.22. The van der Waals surface area contributed by atoms with Gasteiger partial charge in [-0.3, -0.25) is 14.2 Å². The maximum Gasteiger partial charge on any atom is 0.522 e. The molecule has 0 aromatic carbocycles. The summed E-state index contributed by atoms with van der Waals surface area (Å²) in [6.07, 6.45) is -4.30. The Balaban J connectivity index is 1.42. The Labute approximate surface area is 191 Å². The largest absolute Gasteiger partial charge is 0.522 e. The Morgan fingerprint density at radius 1 is 1.35 bits per heavy atom. The molecule has 3 atom stereocenters. The van der Waals surface area contributed by atoms with Crippen LogP contribution in [0.1, 0.15) is 44.0 Å². The van der Waals surface area contributed by atoms with E-state index in [1.807, 2.05) is 0 Å². The van der Waals surface area contributed by atoms with Gasteiger partial charge in [0.15, 0.2) is 5.82 Å². The van der Waals surface area contributed by atoms with Gasteiger partial charge in [0.2, 0.25) is 5.95 Å². The average molecular weight is 485 g/mol. The molecule has 0 aliphatic heterocycles. The van der Waals surface area contributed by atoms with Crippen LogP contribution in [-0.2, 0) is 16.1 Å². The van der Waals surface area contributed by atoms with Crippen molar-refractivity contribution in [3.8, 4) is 0 Å². The summed E-state index contributed by atoms with van der Waals surface area (Å²) in [4.78, 5) is 20.1. The van der Waals surface area contributed by atoms with Crippen LogP contribution in [0.3, 0.4) is 0 Å². The van der Waals surface area contributed by atoms with E-state index in [1.54, 1.807) is 19.9 Å². The van der Waals surface area contributed by atoms with Gasteiger partial charge in [-0.25, -0.2) is 19.2 Å². The fourth-order valence-corrected chi connectivity index (χ4v) is 3.74. The summed E-state index contributed by atoms with van der Waals surface area (Å²) in [5.74, 6) is 0.398. The molecule has 1 aliphatic rings. The number of rotatable bonds is 7. The number of nitrogens with one attached hydrogen (secondary N) is 3. The third-order valence-electron chi connectivity index (χ3n) is 5.19. The zero-order valence-corrected chi connectivity index (χ0v) is 18.3. The van der Waals surface area contributed by atoms with Crippen LogP contribution in [0.5, 0.6) is 0 Å². The number of nitrogens with zero attached hydrogens (tertiary/aromatic N) is 4. The molecule has 0 unspecified atom stereocenters. The minimum absolute atomic E-state index is 0.0728. The third-order valence-corrected chi connectivity index (χ3v) is 5.19. The number of anilines is 2. The number of aromatic nitrogens is 5. The van der Waals surface area contributed by atoms with Crippen molar-refractivity contribution in [3.05, 3.63) is 35.9 Å². The highest BCUT2D eigenvalue weighted by Crippen LogP contribution is 2.38. The molecule has 3 N–H and O–H groups in total. The van der Waals surface area contributed by atoms with Crippen molar-refractivity contribution in [3.63, 3.8) is 0 Å². The highest BCUT2D eigenvalue weighted by molar-refractivity contribution is 5.67. The van der Waals surface area contributed by atoms with Gasteiger partial charge in [0.25, 0.3) is 0 Å². The first-order valence-corrected chi connectivity index (χ1v) is 10.5. The number of H-pyrrole nitrogens is 1. The van der Waals surface area contributed by atoms with E-state index in [9.17, 15) is 22.4 Å². The second-order valence-electron chi connectivity index (χ2n) is 8.22. The first-order chi connectivity index (χ1) is 16.1. The second kappa shape index (κ2) is 9.44. The number of fused-ring (bicyclic) bond motifs is 1. The van der Waals surface area contributed by atoms with E-state index >= 15 is 0 Å².